The number of benzene rings is 1. The smallest absolute Gasteiger partial charge is 0.156 e. The van der Waals surface area contributed by atoms with Gasteiger partial charge in [0.1, 0.15) is 12.2 Å². The van der Waals surface area contributed by atoms with Crippen LogP contribution in [0.15, 0.2) is 30.3 Å². The number of rotatable bonds is 8. The van der Waals surface area contributed by atoms with Crippen LogP contribution in [0.4, 0.5) is 0 Å². The molecule has 0 saturated carbocycles. The quantitative estimate of drug-likeness (QED) is 0.461. The molecule has 18 heavy (non-hydrogen) atoms. The van der Waals surface area contributed by atoms with Crippen LogP contribution in [0.25, 0.3) is 0 Å². The van der Waals surface area contributed by atoms with Gasteiger partial charge < -0.3 is 24.3 Å². The minimum absolute atomic E-state index is 0.404. The molecule has 0 amide bonds. The molecule has 0 aliphatic rings. The van der Waals surface area contributed by atoms with Crippen LogP contribution in [0.1, 0.15) is 5.56 Å². The Labute approximate surface area is 110 Å². The maximum Gasteiger partial charge on any atom is 0.156 e. The minimum atomic E-state index is -1.43. The SMILES string of the molecule is O=C[C@H](OSCc1ccccc1)[C@H](O)[C@H](O)CO. The van der Waals surface area contributed by atoms with Gasteiger partial charge in [-0.2, -0.15) is 0 Å². The van der Waals surface area contributed by atoms with Gasteiger partial charge in [-0.15, -0.1) is 0 Å². The number of aldehydes is 1. The van der Waals surface area contributed by atoms with Gasteiger partial charge >= 0.3 is 0 Å². The van der Waals surface area contributed by atoms with E-state index < -0.39 is 24.9 Å². The van der Waals surface area contributed by atoms with E-state index in [1.807, 2.05) is 30.3 Å². The molecule has 0 spiro atoms. The summed E-state index contributed by atoms with van der Waals surface area (Å²) in [5.74, 6) is 0.521. The van der Waals surface area contributed by atoms with Gasteiger partial charge in [0.15, 0.2) is 12.4 Å². The van der Waals surface area contributed by atoms with E-state index in [9.17, 15) is 15.0 Å². The molecule has 0 heterocycles. The molecule has 1 aromatic rings. The lowest BCUT2D eigenvalue weighted by atomic mass is 10.1. The lowest BCUT2D eigenvalue weighted by Crippen LogP contribution is -2.41. The molecule has 0 aliphatic heterocycles. The molecule has 0 saturated heterocycles. The molecule has 6 heteroatoms. The van der Waals surface area contributed by atoms with Crippen LogP contribution in [-0.2, 0) is 14.7 Å². The Morgan fingerprint density at radius 1 is 1.28 bits per heavy atom. The molecule has 3 N–H and O–H groups in total. The zero-order valence-electron chi connectivity index (χ0n) is 9.68. The monoisotopic (exact) mass is 272 g/mol. The van der Waals surface area contributed by atoms with E-state index in [4.69, 9.17) is 9.29 Å². The highest BCUT2D eigenvalue weighted by molar-refractivity contribution is 7.93. The number of aliphatic hydroxyl groups is 3. The summed E-state index contributed by atoms with van der Waals surface area (Å²) in [7, 11) is 0. The van der Waals surface area contributed by atoms with Crippen LogP contribution in [0.2, 0.25) is 0 Å². The van der Waals surface area contributed by atoms with E-state index in [1.54, 1.807) is 0 Å². The molecule has 0 bridgehead atoms. The number of hydrogen-bond acceptors (Lipinski definition) is 6. The van der Waals surface area contributed by atoms with Crippen molar-refractivity contribution < 1.29 is 24.3 Å². The first-order valence-electron chi connectivity index (χ1n) is 5.43. The van der Waals surface area contributed by atoms with Crippen molar-refractivity contribution in [3.05, 3.63) is 35.9 Å². The van der Waals surface area contributed by atoms with Crippen molar-refractivity contribution in [3.8, 4) is 0 Å². The maximum atomic E-state index is 10.7. The van der Waals surface area contributed by atoms with Crippen LogP contribution in [-0.4, -0.2) is 46.5 Å². The van der Waals surface area contributed by atoms with E-state index in [0.29, 0.717) is 12.0 Å². The first kappa shape index (κ1) is 15.1. The third kappa shape index (κ3) is 4.75. The lowest BCUT2D eigenvalue weighted by Gasteiger charge is -2.20. The summed E-state index contributed by atoms with van der Waals surface area (Å²) in [6.45, 7) is -0.627. The number of carbonyl (C=O) groups is 1. The fourth-order valence-corrected chi connectivity index (χ4v) is 1.95. The van der Waals surface area contributed by atoms with Crippen LogP contribution < -0.4 is 0 Å². The van der Waals surface area contributed by atoms with Gasteiger partial charge in [0.2, 0.25) is 0 Å². The zero-order valence-corrected chi connectivity index (χ0v) is 10.5. The van der Waals surface area contributed by atoms with E-state index in [2.05, 4.69) is 0 Å². The van der Waals surface area contributed by atoms with Gasteiger partial charge in [-0.25, -0.2) is 0 Å². The van der Waals surface area contributed by atoms with E-state index >= 15 is 0 Å². The topological polar surface area (TPSA) is 87.0 Å². The summed E-state index contributed by atoms with van der Waals surface area (Å²) in [5, 5.41) is 27.4. The van der Waals surface area contributed by atoms with Crippen molar-refractivity contribution >= 4 is 18.3 Å². The van der Waals surface area contributed by atoms with Crippen LogP contribution in [0.5, 0.6) is 0 Å². The second kappa shape index (κ2) is 8.23. The maximum absolute atomic E-state index is 10.7. The zero-order chi connectivity index (χ0) is 13.4. The van der Waals surface area contributed by atoms with Crippen LogP contribution >= 0.6 is 12.0 Å². The predicted octanol–water partition coefficient (Wildman–Crippen LogP) is 0.133. The van der Waals surface area contributed by atoms with Gasteiger partial charge in [-0.05, 0) is 17.6 Å². The van der Waals surface area contributed by atoms with Crippen molar-refractivity contribution in [3.63, 3.8) is 0 Å². The minimum Gasteiger partial charge on any atom is -0.394 e. The van der Waals surface area contributed by atoms with Gasteiger partial charge in [0.25, 0.3) is 0 Å². The van der Waals surface area contributed by atoms with Crippen molar-refractivity contribution in [1.82, 2.24) is 0 Å². The average molecular weight is 272 g/mol. The van der Waals surface area contributed by atoms with Crippen molar-refractivity contribution in [2.45, 2.75) is 24.1 Å². The Morgan fingerprint density at radius 3 is 2.50 bits per heavy atom. The van der Waals surface area contributed by atoms with Gasteiger partial charge in [0, 0.05) is 5.75 Å². The van der Waals surface area contributed by atoms with Gasteiger partial charge in [-0.1, -0.05) is 30.3 Å². The molecular weight excluding hydrogens is 256 g/mol. The molecule has 5 nitrogen and oxygen atoms in total. The normalized spacial score (nSPS) is 15.9. The molecular formula is C12H16O5S. The molecule has 0 aliphatic carbocycles. The first-order chi connectivity index (χ1) is 8.69. The van der Waals surface area contributed by atoms with Crippen molar-refractivity contribution in [2.75, 3.05) is 6.61 Å². The molecule has 0 aromatic heterocycles. The third-order valence-electron chi connectivity index (χ3n) is 2.30. The van der Waals surface area contributed by atoms with Crippen LogP contribution in [0, 0.1) is 0 Å². The average Bonchev–Trinajstić information content (AvgIpc) is 2.43. The molecule has 0 unspecified atom stereocenters. The molecule has 100 valence electrons. The number of carbonyl (C=O) groups excluding carboxylic acids is 1. The summed E-state index contributed by atoms with van der Waals surface area (Å²) in [6.07, 6.45) is -3.59. The summed E-state index contributed by atoms with van der Waals surface area (Å²) >= 11 is 1.01. The molecule has 0 fully saturated rings. The van der Waals surface area contributed by atoms with Crippen molar-refractivity contribution in [2.24, 2.45) is 0 Å². The largest absolute Gasteiger partial charge is 0.394 e. The fraction of sp³-hybridized carbons (Fsp3) is 0.417. The standard InChI is InChI=1S/C12H16O5S/c13-6-10(15)12(16)11(7-14)17-18-8-9-4-2-1-3-5-9/h1-5,7,10-13,15-16H,6,8H2/t10-,11+,12-/m1/s1. The Kier molecular flexibility index (Phi) is 6.92. The second-order valence-corrected chi connectivity index (χ2v) is 4.40. The Balaban J connectivity index is 2.38. The highest BCUT2D eigenvalue weighted by Gasteiger charge is 2.26. The molecule has 1 rings (SSSR count). The highest BCUT2D eigenvalue weighted by atomic mass is 32.2. The Bertz CT molecular complexity index is 346. The van der Waals surface area contributed by atoms with E-state index in [0.717, 1.165) is 17.6 Å². The second-order valence-electron chi connectivity index (χ2n) is 3.69. The third-order valence-corrected chi connectivity index (χ3v) is 3.11. The summed E-state index contributed by atoms with van der Waals surface area (Å²) in [4.78, 5) is 10.7. The van der Waals surface area contributed by atoms with E-state index in [-0.39, 0.29) is 0 Å². The van der Waals surface area contributed by atoms with E-state index in [1.165, 1.54) is 0 Å². The number of aliphatic hydroxyl groups excluding tert-OH is 3. The highest BCUT2D eigenvalue weighted by Crippen LogP contribution is 2.17. The van der Waals surface area contributed by atoms with Crippen LogP contribution in [0.3, 0.4) is 0 Å². The van der Waals surface area contributed by atoms with Gasteiger partial charge in [-0.3, -0.25) is 0 Å². The predicted molar refractivity (Wildman–Crippen MR) is 67.8 cm³/mol. The molecule has 1 aromatic carbocycles. The number of hydrogen-bond donors (Lipinski definition) is 3. The summed E-state index contributed by atoms with van der Waals surface area (Å²) in [6, 6.07) is 9.48. The van der Waals surface area contributed by atoms with Gasteiger partial charge in [0.05, 0.1) is 6.61 Å². The summed E-state index contributed by atoms with van der Waals surface area (Å²) < 4.78 is 5.11. The molecule has 0 radical (unpaired) electrons. The van der Waals surface area contributed by atoms with Crippen molar-refractivity contribution in [1.29, 1.82) is 0 Å². The Morgan fingerprint density at radius 2 is 1.94 bits per heavy atom. The summed E-state index contributed by atoms with van der Waals surface area (Å²) in [5.41, 5.74) is 1.02. The Hall–Kier alpha value is -0.920. The fourth-order valence-electron chi connectivity index (χ4n) is 1.24. The first-order valence-corrected chi connectivity index (χ1v) is 6.34. The molecule has 3 atom stereocenters. The lowest BCUT2D eigenvalue weighted by molar-refractivity contribution is -0.123.